The van der Waals surface area contributed by atoms with E-state index in [0.717, 1.165) is 0 Å². The average molecular weight is 143 g/mol. The van der Waals surface area contributed by atoms with E-state index >= 15 is 0 Å². The van der Waals surface area contributed by atoms with E-state index in [2.05, 4.69) is 0 Å². The zero-order chi connectivity index (χ0) is 11.7. The molecule has 0 aliphatic carbocycles. The Balaban J connectivity index is 3.52. The summed E-state index contributed by atoms with van der Waals surface area (Å²) >= 11 is 0. The maximum Gasteiger partial charge on any atom is 0.102 e. The van der Waals surface area contributed by atoms with Gasteiger partial charge in [-0.3, -0.25) is 0 Å². The molecule has 0 amide bonds. The highest BCUT2D eigenvalue weighted by Crippen LogP contribution is 2.09. The van der Waals surface area contributed by atoms with Gasteiger partial charge < -0.3 is 10.2 Å². The van der Waals surface area contributed by atoms with Crippen molar-refractivity contribution in [3.8, 4) is 0 Å². The molecule has 0 saturated carbocycles. The molecule has 1 aromatic rings. The van der Waals surface area contributed by atoms with Gasteiger partial charge in [0.25, 0.3) is 0 Å². The Hall–Kier alpha value is -0.860. The lowest BCUT2D eigenvalue weighted by Crippen LogP contribution is -2.01. The van der Waals surface area contributed by atoms with E-state index < -0.39 is 42.9 Å². The van der Waals surface area contributed by atoms with Crippen LogP contribution >= 0.6 is 0 Å². The fraction of sp³-hybridized carbons (Fsp3) is 0.250. The number of aliphatic hydroxyl groups is 2. The third-order valence-electron chi connectivity index (χ3n) is 1.03. The summed E-state index contributed by atoms with van der Waals surface area (Å²) < 4.78 is 36.8. The van der Waals surface area contributed by atoms with Gasteiger partial charge in [0.1, 0.15) is 6.10 Å². The lowest BCUT2D eigenvalue weighted by atomic mass is 10.1. The van der Waals surface area contributed by atoms with Gasteiger partial charge in [-0.2, -0.15) is 0 Å². The molecule has 0 bridgehead atoms. The van der Waals surface area contributed by atoms with E-state index in [1.165, 1.54) is 0 Å². The predicted molar refractivity (Wildman–Crippen MR) is 38.5 cm³/mol. The summed E-state index contributed by atoms with van der Waals surface area (Å²) in [7, 11) is 0. The molecule has 1 aromatic carbocycles. The van der Waals surface area contributed by atoms with Crippen molar-refractivity contribution in [1.82, 2.24) is 0 Å². The molecule has 0 fully saturated rings. The molecule has 2 nitrogen and oxygen atoms in total. The van der Waals surface area contributed by atoms with E-state index in [1.807, 2.05) is 0 Å². The largest absolute Gasteiger partial charge is 0.393 e. The lowest BCUT2D eigenvalue weighted by Gasteiger charge is -2.05. The normalized spacial score (nSPS) is 20.0. The summed E-state index contributed by atoms with van der Waals surface area (Å²) in [5.41, 5.74) is -0.275. The van der Waals surface area contributed by atoms with Gasteiger partial charge in [-0.1, -0.05) is 30.2 Å². The molecule has 1 atom stereocenters. The molecular formula is C8H10O2. The highest BCUT2D eigenvalue weighted by Gasteiger charge is 2.02. The second-order valence-corrected chi connectivity index (χ2v) is 1.74. The molecular weight excluding hydrogens is 128 g/mol. The van der Waals surface area contributed by atoms with Crippen LogP contribution < -0.4 is 0 Å². The molecule has 10 heavy (non-hydrogen) atoms. The molecule has 0 heterocycles. The second kappa shape index (κ2) is 3.34. The maximum atomic E-state index is 9.31. The molecule has 0 radical (unpaired) electrons. The minimum absolute atomic E-state index is 0.275. The smallest absolute Gasteiger partial charge is 0.102 e. The van der Waals surface area contributed by atoms with Crippen LogP contribution in [0, 0.1) is 0 Å². The average Bonchev–Trinajstić information content (AvgIpc) is 2.23. The van der Waals surface area contributed by atoms with Crippen LogP contribution in [0.3, 0.4) is 0 Å². The van der Waals surface area contributed by atoms with Crippen LogP contribution in [0.4, 0.5) is 0 Å². The maximum absolute atomic E-state index is 9.31. The number of aliphatic hydroxyl groups excluding tert-OH is 2. The number of rotatable bonds is 2. The molecule has 1 rings (SSSR count). The SMILES string of the molecule is [2H]c1c([2H])c([2H])c(C(O)CO)c([2H])c1[2H]. The Morgan fingerprint density at radius 1 is 1.40 bits per heavy atom. The Morgan fingerprint density at radius 3 is 2.50 bits per heavy atom. The van der Waals surface area contributed by atoms with Crippen molar-refractivity contribution < 1.29 is 17.1 Å². The van der Waals surface area contributed by atoms with Crippen molar-refractivity contribution in [3.05, 3.63) is 35.8 Å². The van der Waals surface area contributed by atoms with Gasteiger partial charge in [-0.05, 0) is 5.56 Å². The van der Waals surface area contributed by atoms with Crippen LogP contribution in [-0.2, 0) is 0 Å². The molecule has 0 aliphatic heterocycles. The molecule has 2 heteroatoms. The van der Waals surface area contributed by atoms with E-state index in [0.29, 0.717) is 0 Å². The predicted octanol–water partition coefficient (Wildman–Crippen LogP) is 0.712. The van der Waals surface area contributed by atoms with E-state index in [9.17, 15) is 5.11 Å². The third kappa shape index (κ3) is 1.56. The van der Waals surface area contributed by atoms with Crippen LogP contribution in [0.1, 0.15) is 18.5 Å². The summed E-state index contributed by atoms with van der Waals surface area (Å²) in [6.45, 7) is -0.687. The van der Waals surface area contributed by atoms with Crippen LogP contribution in [0.2, 0.25) is 0 Å². The van der Waals surface area contributed by atoms with Crippen LogP contribution in [0.25, 0.3) is 0 Å². The van der Waals surface area contributed by atoms with E-state index in [4.69, 9.17) is 12.0 Å². The first kappa shape index (κ1) is 3.03. The van der Waals surface area contributed by atoms with Crippen molar-refractivity contribution >= 4 is 0 Å². The summed E-state index contributed by atoms with van der Waals surface area (Å²) in [6.07, 6.45) is -1.46. The van der Waals surface area contributed by atoms with Gasteiger partial charge in [0.15, 0.2) is 0 Å². The first-order chi connectivity index (χ1) is 6.91. The molecule has 54 valence electrons. The standard InChI is InChI=1S/C8H10O2/c9-6-8(10)7-4-2-1-3-5-7/h1-5,8-10H,6H2/i1D,2D,3D,4D,5D. The molecule has 0 aliphatic rings. The van der Waals surface area contributed by atoms with Gasteiger partial charge >= 0.3 is 0 Å². The van der Waals surface area contributed by atoms with E-state index in [1.54, 1.807) is 0 Å². The zero-order valence-electron chi connectivity index (χ0n) is 10.2. The van der Waals surface area contributed by atoms with Gasteiger partial charge in [0.05, 0.1) is 13.5 Å². The number of hydrogen-bond donors (Lipinski definition) is 2. The summed E-state index contributed by atoms with van der Waals surface area (Å²) in [4.78, 5) is 0. The summed E-state index contributed by atoms with van der Waals surface area (Å²) in [5.74, 6) is 0. The first-order valence-corrected chi connectivity index (χ1v) is 2.77. The van der Waals surface area contributed by atoms with Gasteiger partial charge in [-0.15, -0.1) is 0 Å². The van der Waals surface area contributed by atoms with Crippen molar-refractivity contribution in [1.29, 1.82) is 0 Å². The Labute approximate surface area is 66.8 Å². The number of hydrogen-bond acceptors (Lipinski definition) is 2. The monoisotopic (exact) mass is 143 g/mol. The minimum atomic E-state index is -1.46. The summed E-state index contributed by atoms with van der Waals surface area (Å²) in [6, 6.07) is -2.51. The zero-order valence-corrected chi connectivity index (χ0v) is 5.18. The van der Waals surface area contributed by atoms with Gasteiger partial charge in [0, 0.05) is 0 Å². The van der Waals surface area contributed by atoms with E-state index in [-0.39, 0.29) is 5.56 Å². The molecule has 0 saturated heterocycles. The Bertz CT molecular complexity index is 364. The molecule has 2 N–H and O–H groups in total. The third-order valence-corrected chi connectivity index (χ3v) is 1.03. The second-order valence-electron chi connectivity index (χ2n) is 1.74. The van der Waals surface area contributed by atoms with Crippen LogP contribution in [0.5, 0.6) is 0 Å². The Kier molecular flexibility index (Phi) is 1.01. The van der Waals surface area contributed by atoms with Crippen LogP contribution in [0.15, 0.2) is 30.2 Å². The lowest BCUT2D eigenvalue weighted by molar-refractivity contribution is 0.0956. The highest BCUT2D eigenvalue weighted by molar-refractivity contribution is 5.16. The van der Waals surface area contributed by atoms with Gasteiger partial charge in [0.2, 0.25) is 0 Å². The topological polar surface area (TPSA) is 40.5 Å². The highest BCUT2D eigenvalue weighted by atomic mass is 16.3. The Morgan fingerprint density at radius 2 is 2.00 bits per heavy atom. The molecule has 0 spiro atoms. The fourth-order valence-corrected chi connectivity index (χ4v) is 0.518. The van der Waals surface area contributed by atoms with Crippen molar-refractivity contribution in [3.63, 3.8) is 0 Å². The number of benzene rings is 1. The van der Waals surface area contributed by atoms with Gasteiger partial charge in [-0.25, -0.2) is 0 Å². The fourth-order valence-electron chi connectivity index (χ4n) is 0.518. The van der Waals surface area contributed by atoms with Crippen LogP contribution in [-0.4, -0.2) is 16.8 Å². The quantitative estimate of drug-likeness (QED) is 0.640. The minimum Gasteiger partial charge on any atom is -0.393 e. The molecule has 1 unspecified atom stereocenters. The molecule has 0 aromatic heterocycles. The van der Waals surface area contributed by atoms with Crippen molar-refractivity contribution in [2.24, 2.45) is 0 Å². The summed E-state index contributed by atoms with van der Waals surface area (Å²) in [5, 5.41) is 18.0. The van der Waals surface area contributed by atoms with Crippen molar-refractivity contribution in [2.45, 2.75) is 6.10 Å². The van der Waals surface area contributed by atoms with Crippen molar-refractivity contribution in [2.75, 3.05) is 6.61 Å². The first-order valence-electron chi connectivity index (χ1n) is 5.27.